The van der Waals surface area contributed by atoms with E-state index in [1.165, 1.54) is 18.2 Å². The second-order valence-corrected chi connectivity index (χ2v) is 7.58. The first-order valence-corrected chi connectivity index (χ1v) is 10.6. The van der Waals surface area contributed by atoms with E-state index in [4.69, 9.17) is 0 Å². The Balaban J connectivity index is 2.04. The van der Waals surface area contributed by atoms with Crippen molar-refractivity contribution < 1.29 is 17.9 Å². The third-order valence-corrected chi connectivity index (χ3v) is 5.07. The Morgan fingerprint density at radius 1 is 1.03 bits per heavy atom. The Morgan fingerprint density at radius 3 is 2.47 bits per heavy atom. The minimum Gasteiger partial charge on any atom is -0.406 e. The number of hydrogen-bond acceptors (Lipinski definition) is 5. The van der Waals surface area contributed by atoms with Gasteiger partial charge in [-0.25, -0.2) is 4.98 Å². The van der Waals surface area contributed by atoms with Gasteiger partial charge in [0.25, 0.3) is 0 Å². The molecule has 1 atom stereocenters. The van der Waals surface area contributed by atoms with Crippen molar-refractivity contribution in [3.63, 3.8) is 0 Å². The van der Waals surface area contributed by atoms with Crippen LogP contribution in [-0.4, -0.2) is 22.4 Å². The average Bonchev–Trinajstić information content (AvgIpc) is 2.74. The molecule has 2 aromatic carbocycles. The summed E-state index contributed by atoms with van der Waals surface area (Å²) in [5.74, 6) is 0.645. The first kappa shape index (κ1) is 23.4. The Hall–Kier alpha value is -3.29. The zero-order valence-corrected chi connectivity index (χ0v) is 18.5. The second kappa shape index (κ2) is 9.89. The van der Waals surface area contributed by atoms with Crippen LogP contribution in [-0.2, 0) is 6.42 Å². The second-order valence-electron chi connectivity index (χ2n) is 7.58. The van der Waals surface area contributed by atoms with E-state index in [1.54, 1.807) is 12.1 Å². The molecule has 2 N–H and O–H groups in total. The number of nitrogens with one attached hydrogen (secondary N) is 2. The Kier molecular flexibility index (Phi) is 7.22. The topological polar surface area (TPSA) is 59.1 Å². The minimum atomic E-state index is -4.76. The van der Waals surface area contributed by atoms with E-state index >= 15 is 0 Å². The fourth-order valence-corrected chi connectivity index (χ4v) is 3.23. The molecule has 1 aromatic heterocycles. The van der Waals surface area contributed by atoms with Crippen LogP contribution in [0.3, 0.4) is 0 Å². The van der Waals surface area contributed by atoms with E-state index in [-0.39, 0.29) is 11.8 Å². The smallest absolute Gasteiger partial charge is 0.406 e. The molecule has 0 radical (unpaired) electrons. The quantitative estimate of drug-likeness (QED) is 0.397. The van der Waals surface area contributed by atoms with Crippen molar-refractivity contribution in [3.8, 4) is 17.0 Å². The number of benzene rings is 2. The highest BCUT2D eigenvalue weighted by atomic mass is 19.4. The van der Waals surface area contributed by atoms with E-state index < -0.39 is 6.36 Å². The molecule has 1 heterocycles. The summed E-state index contributed by atoms with van der Waals surface area (Å²) >= 11 is 0. The number of halogens is 3. The lowest BCUT2D eigenvalue weighted by Crippen LogP contribution is -2.17. The zero-order valence-electron chi connectivity index (χ0n) is 18.5. The Labute approximate surface area is 186 Å². The van der Waals surface area contributed by atoms with Crippen LogP contribution in [0.5, 0.6) is 5.75 Å². The van der Waals surface area contributed by atoms with Gasteiger partial charge in [0.15, 0.2) is 0 Å². The van der Waals surface area contributed by atoms with Crippen molar-refractivity contribution in [1.29, 1.82) is 0 Å². The number of rotatable bonds is 8. The van der Waals surface area contributed by atoms with Crippen LogP contribution in [0, 0.1) is 6.92 Å². The summed E-state index contributed by atoms with van der Waals surface area (Å²) in [6.45, 7) is 8.14. The summed E-state index contributed by atoms with van der Waals surface area (Å²) in [7, 11) is 0. The number of alkyl halides is 3. The largest absolute Gasteiger partial charge is 0.573 e. The van der Waals surface area contributed by atoms with E-state index in [0.29, 0.717) is 23.0 Å². The van der Waals surface area contributed by atoms with Gasteiger partial charge in [-0.1, -0.05) is 44.2 Å². The monoisotopic (exact) mass is 444 g/mol. The number of ether oxygens (including phenoxy) is 1. The molecule has 5 nitrogen and oxygen atoms in total. The van der Waals surface area contributed by atoms with Crippen LogP contribution >= 0.6 is 0 Å². The molecule has 0 unspecified atom stereocenters. The molecule has 0 spiro atoms. The summed E-state index contributed by atoms with van der Waals surface area (Å²) in [4.78, 5) is 9.13. The zero-order chi connectivity index (χ0) is 23.3. The van der Waals surface area contributed by atoms with Gasteiger partial charge in [-0.3, -0.25) is 0 Å². The van der Waals surface area contributed by atoms with Gasteiger partial charge in [-0.2, -0.15) is 4.98 Å². The molecular weight excluding hydrogens is 417 g/mol. The predicted molar refractivity (Wildman–Crippen MR) is 121 cm³/mol. The van der Waals surface area contributed by atoms with Crippen molar-refractivity contribution in [2.24, 2.45) is 0 Å². The van der Waals surface area contributed by atoms with Crippen LogP contribution in [0.2, 0.25) is 0 Å². The van der Waals surface area contributed by atoms with Gasteiger partial charge in [0.2, 0.25) is 5.95 Å². The van der Waals surface area contributed by atoms with Crippen molar-refractivity contribution in [2.75, 3.05) is 10.6 Å². The van der Waals surface area contributed by atoms with Crippen LogP contribution in [0.1, 0.15) is 38.3 Å². The van der Waals surface area contributed by atoms with E-state index in [0.717, 1.165) is 29.7 Å². The summed E-state index contributed by atoms with van der Waals surface area (Å²) in [5, 5.41) is 6.63. The highest BCUT2D eigenvalue weighted by Gasteiger charge is 2.31. The summed E-state index contributed by atoms with van der Waals surface area (Å²) in [5.41, 5.74) is 4.14. The van der Waals surface area contributed by atoms with Gasteiger partial charge >= 0.3 is 6.36 Å². The standard InChI is InChI=1S/C24H27F3N4O/c1-5-16(4)28-23-29-20(18-11-8-12-19(13-18)32-24(25,26)27)14-21(31-23)30-22-15(3)9-7-10-17(22)6-2/h7-14,16H,5-6H2,1-4H3,(H2,28,29,30,31)/t16-/m1/s1. The number of aromatic nitrogens is 2. The first-order valence-electron chi connectivity index (χ1n) is 10.6. The Morgan fingerprint density at radius 2 is 1.78 bits per heavy atom. The highest BCUT2D eigenvalue weighted by molar-refractivity contribution is 5.71. The maximum absolute atomic E-state index is 12.7. The first-order chi connectivity index (χ1) is 15.2. The number of nitrogens with zero attached hydrogens (tertiary/aromatic N) is 2. The van der Waals surface area contributed by atoms with Crippen LogP contribution < -0.4 is 15.4 Å². The van der Waals surface area contributed by atoms with Crippen molar-refractivity contribution in [3.05, 3.63) is 59.7 Å². The van der Waals surface area contributed by atoms with Crippen LogP contribution in [0.25, 0.3) is 11.3 Å². The third kappa shape index (κ3) is 6.12. The minimum absolute atomic E-state index is 0.127. The maximum atomic E-state index is 12.7. The molecule has 3 rings (SSSR count). The molecule has 3 aromatic rings. The molecule has 0 aliphatic heterocycles. The number of hydrogen-bond donors (Lipinski definition) is 2. The fourth-order valence-electron chi connectivity index (χ4n) is 3.23. The molecule has 0 aliphatic rings. The van der Waals surface area contributed by atoms with Gasteiger partial charge in [0.05, 0.1) is 5.69 Å². The Bertz CT molecular complexity index is 1070. The summed E-state index contributed by atoms with van der Waals surface area (Å²) < 4.78 is 42.1. The lowest BCUT2D eigenvalue weighted by atomic mass is 10.1. The summed E-state index contributed by atoms with van der Waals surface area (Å²) in [6.07, 6.45) is -3.05. The van der Waals surface area contributed by atoms with Gasteiger partial charge < -0.3 is 15.4 Å². The molecule has 0 amide bonds. The molecule has 32 heavy (non-hydrogen) atoms. The van der Waals surface area contributed by atoms with Gasteiger partial charge in [-0.05, 0) is 49.9 Å². The predicted octanol–water partition coefficient (Wildman–Crippen LogP) is 6.87. The van der Waals surface area contributed by atoms with Crippen LogP contribution in [0.15, 0.2) is 48.5 Å². The van der Waals surface area contributed by atoms with Crippen LogP contribution in [0.4, 0.5) is 30.6 Å². The SMILES string of the molecule is CCc1cccc(C)c1Nc1cc(-c2cccc(OC(F)(F)F)c2)nc(N[C@H](C)CC)n1. The highest BCUT2D eigenvalue weighted by Crippen LogP contribution is 2.31. The van der Waals surface area contributed by atoms with Crippen molar-refractivity contribution in [2.45, 2.75) is 52.9 Å². The molecular formula is C24H27F3N4O. The van der Waals surface area contributed by atoms with E-state index in [2.05, 4.69) is 32.3 Å². The summed E-state index contributed by atoms with van der Waals surface area (Å²) in [6, 6.07) is 13.7. The normalized spacial score (nSPS) is 12.3. The van der Waals surface area contributed by atoms with E-state index in [1.807, 2.05) is 39.0 Å². The van der Waals surface area contributed by atoms with Gasteiger partial charge in [0, 0.05) is 23.4 Å². The number of para-hydroxylation sites is 1. The van der Waals surface area contributed by atoms with E-state index in [9.17, 15) is 13.2 Å². The molecule has 0 fully saturated rings. The maximum Gasteiger partial charge on any atom is 0.573 e. The van der Waals surface area contributed by atoms with Crippen molar-refractivity contribution >= 4 is 17.5 Å². The third-order valence-electron chi connectivity index (χ3n) is 5.07. The average molecular weight is 445 g/mol. The van der Waals surface area contributed by atoms with Gasteiger partial charge in [-0.15, -0.1) is 13.2 Å². The van der Waals surface area contributed by atoms with Gasteiger partial charge in [0.1, 0.15) is 11.6 Å². The molecule has 0 aliphatic carbocycles. The molecule has 0 bridgehead atoms. The number of aryl methyl sites for hydroxylation is 2. The molecule has 0 saturated carbocycles. The van der Waals surface area contributed by atoms with Crippen molar-refractivity contribution in [1.82, 2.24) is 9.97 Å². The lowest BCUT2D eigenvalue weighted by molar-refractivity contribution is -0.274. The molecule has 8 heteroatoms. The molecule has 170 valence electrons. The fraction of sp³-hybridized carbons (Fsp3) is 0.333. The number of anilines is 3. The molecule has 0 saturated heterocycles. The lowest BCUT2D eigenvalue weighted by Gasteiger charge is -2.17.